The van der Waals surface area contributed by atoms with E-state index in [4.69, 9.17) is 0 Å². The second-order valence-electron chi connectivity index (χ2n) is 7.04. The smallest absolute Gasteiger partial charge is 0.370 e. The van der Waals surface area contributed by atoms with Crippen molar-refractivity contribution in [3.63, 3.8) is 0 Å². The highest BCUT2D eigenvalue weighted by atomic mass is 32.2. The second-order valence-corrected chi connectivity index (χ2v) is 8.95. The Morgan fingerprint density at radius 1 is 1.25 bits per heavy atom. The predicted molar refractivity (Wildman–Crippen MR) is 94.2 cm³/mol. The predicted octanol–water partition coefficient (Wildman–Crippen LogP) is 3.68. The summed E-state index contributed by atoms with van der Waals surface area (Å²) in [7, 11) is -5.69. The van der Waals surface area contributed by atoms with Gasteiger partial charge in [-0.1, -0.05) is 0 Å². The van der Waals surface area contributed by atoms with Crippen molar-refractivity contribution in [3.8, 4) is 0 Å². The van der Waals surface area contributed by atoms with Gasteiger partial charge in [0.2, 0.25) is 0 Å². The summed E-state index contributed by atoms with van der Waals surface area (Å²) < 4.78 is 78.7. The van der Waals surface area contributed by atoms with Gasteiger partial charge in [-0.05, 0) is 44.9 Å². The van der Waals surface area contributed by atoms with Gasteiger partial charge in [0.25, 0.3) is 9.84 Å². The van der Waals surface area contributed by atoms with Crippen LogP contribution < -0.4 is 4.90 Å². The molecule has 2 aromatic rings. The molecule has 1 unspecified atom stereocenters. The Labute approximate surface area is 160 Å². The summed E-state index contributed by atoms with van der Waals surface area (Å²) in [6, 6.07) is 2.58. The van der Waals surface area contributed by atoms with E-state index in [2.05, 4.69) is 10.2 Å². The van der Waals surface area contributed by atoms with Gasteiger partial charge in [-0.2, -0.15) is 13.2 Å². The number of hydrogen-bond acceptors (Lipinski definition) is 5. The van der Waals surface area contributed by atoms with Crippen molar-refractivity contribution in [2.45, 2.75) is 49.1 Å². The van der Waals surface area contributed by atoms with Crippen LogP contribution in [0.1, 0.15) is 44.5 Å². The summed E-state index contributed by atoms with van der Waals surface area (Å²) in [4.78, 5) is 0.483. The van der Waals surface area contributed by atoms with Gasteiger partial charge in [0.05, 0.1) is 5.69 Å². The fourth-order valence-electron chi connectivity index (χ4n) is 3.44. The minimum absolute atomic E-state index is 0.104. The molecule has 2 heterocycles. The molecule has 11 heteroatoms. The Kier molecular flexibility index (Phi) is 5.39. The molecule has 1 aliphatic heterocycles. The van der Waals surface area contributed by atoms with Gasteiger partial charge in [0, 0.05) is 25.0 Å². The summed E-state index contributed by atoms with van der Waals surface area (Å²) >= 11 is 0. The molecular formula is C17H20F4N4O2S. The van der Waals surface area contributed by atoms with Gasteiger partial charge >= 0.3 is 5.51 Å². The zero-order valence-electron chi connectivity index (χ0n) is 15.3. The fraction of sp³-hybridized carbons (Fsp3) is 0.529. The number of halogens is 4. The molecule has 0 bridgehead atoms. The average Bonchev–Trinajstić information content (AvgIpc) is 3.11. The normalized spacial score (nSPS) is 18.7. The molecule has 3 rings (SSSR count). The SMILES string of the molecule is CC(C)n1cnnc1C1CCCN(c2ccc(F)cc2S(=O)(=O)C(F)(F)F)C1. The summed E-state index contributed by atoms with van der Waals surface area (Å²) in [6.45, 7) is 4.54. The van der Waals surface area contributed by atoms with Crippen molar-refractivity contribution >= 4 is 15.5 Å². The third-order valence-corrected chi connectivity index (χ3v) is 6.32. The number of nitrogens with zero attached hydrogens (tertiary/aromatic N) is 4. The van der Waals surface area contributed by atoms with E-state index in [1.807, 2.05) is 18.4 Å². The van der Waals surface area contributed by atoms with Crippen molar-refractivity contribution in [2.24, 2.45) is 0 Å². The first-order valence-electron chi connectivity index (χ1n) is 8.77. The molecule has 1 aromatic heterocycles. The molecule has 28 heavy (non-hydrogen) atoms. The van der Waals surface area contributed by atoms with Crippen LogP contribution in [0.25, 0.3) is 0 Å². The second kappa shape index (κ2) is 7.34. The molecule has 154 valence electrons. The molecule has 1 fully saturated rings. The fourth-order valence-corrected chi connectivity index (χ4v) is 4.43. The number of sulfone groups is 1. The largest absolute Gasteiger partial charge is 0.501 e. The molecule has 0 radical (unpaired) electrons. The molecule has 1 aromatic carbocycles. The number of benzene rings is 1. The molecule has 0 aliphatic carbocycles. The summed E-state index contributed by atoms with van der Waals surface area (Å²) in [6.07, 6.45) is 2.96. The first kappa shape index (κ1) is 20.6. The average molecular weight is 420 g/mol. The zero-order chi connectivity index (χ0) is 20.7. The minimum atomic E-state index is -5.69. The van der Waals surface area contributed by atoms with Gasteiger partial charge < -0.3 is 9.47 Å². The van der Waals surface area contributed by atoms with Gasteiger partial charge in [0.1, 0.15) is 22.9 Å². The van der Waals surface area contributed by atoms with Gasteiger partial charge in [-0.3, -0.25) is 0 Å². The van der Waals surface area contributed by atoms with Crippen LogP contribution >= 0.6 is 0 Å². The van der Waals surface area contributed by atoms with Crippen LogP contribution in [0.3, 0.4) is 0 Å². The number of rotatable bonds is 4. The van der Waals surface area contributed by atoms with Gasteiger partial charge in [-0.25, -0.2) is 12.8 Å². The van der Waals surface area contributed by atoms with Gasteiger partial charge in [-0.15, -0.1) is 10.2 Å². The first-order chi connectivity index (χ1) is 13.0. The quantitative estimate of drug-likeness (QED) is 0.706. The van der Waals surface area contributed by atoms with E-state index in [-0.39, 0.29) is 24.2 Å². The van der Waals surface area contributed by atoms with E-state index in [1.165, 1.54) is 0 Å². The van der Waals surface area contributed by atoms with Crippen LogP contribution in [0.2, 0.25) is 0 Å². The maximum absolute atomic E-state index is 13.6. The Bertz CT molecular complexity index is 956. The number of hydrogen-bond donors (Lipinski definition) is 0. The lowest BCUT2D eigenvalue weighted by Crippen LogP contribution is -2.37. The summed E-state index contributed by atoms with van der Waals surface area (Å²) in [5, 5.41) is 8.06. The molecule has 1 aliphatic rings. The standard InChI is InChI=1S/C17H20F4N4O2S/c1-11(2)25-10-22-23-16(25)12-4-3-7-24(9-12)14-6-5-13(18)8-15(14)28(26,27)17(19,20)21/h5-6,8,10-12H,3-4,7,9H2,1-2H3. The van der Waals surface area contributed by atoms with E-state index in [0.717, 1.165) is 18.6 Å². The van der Waals surface area contributed by atoms with E-state index in [9.17, 15) is 26.0 Å². The van der Waals surface area contributed by atoms with Crippen molar-refractivity contribution in [2.75, 3.05) is 18.0 Å². The van der Waals surface area contributed by atoms with Crippen molar-refractivity contribution in [3.05, 3.63) is 36.2 Å². The Balaban J connectivity index is 1.99. The molecule has 0 spiro atoms. The Morgan fingerprint density at radius 2 is 1.96 bits per heavy atom. The number of piperidine rings is 1. The lowest BCUT2D eigenvalue weighted by atomic mass is 9.96. The molecule has 1 saturated heterocycles. The monoisotopic (exact) mass is 420 g/mol. The van der Waals surface area contributed by atoms with Crippen molar-refractivity contribution in [1.29, 1.82) is 0 Å². The van der Waals surface area contributed by atoms with Gasteiger partial charge in [0.15, 0.2) is 0 Å². The third-order valence-electron chi connectivity index (χ3n) is 4.80. The highest BCUT2D eigenvalue weighted by Crippen LogP contribution is 2.38. The van der Waals surface area contributed by atoms with Crippen LogP contribution in [0.15, 0.2) is 29.4 Å². The van der Waals surface area contributed by atoms with Crippen LogP contribution in [-0.4, -0.2) is 41.8 Å². The maximum atomic E-state index is 13.6. The zero-order valence-corrected chi connectivity index (χ0v) is 16.1. The van der Waals surface area contributed by atoms with Crippen LogP contribution in [0, 0.1) is 5.82 Å². The van der Waals surface area contributed by atoms with E-state index < -0.39 is 26.1 Å². The van der Waals surface area contributed by atoms with E-state index in [1.54, 1.807) is 11.2 Å². The van der Waals surface area contributed by atoms with Crippen LogP contribution in [0.5, 0.6) is 0 Å². The summed E-state index contributed by atoms with van der Waals surface area (Å²) in [5.41, 5.74) is -5.67. The number of alkyl halides is 3. The molecule has 0 N–H and O–H groups in total. The van der Waals surface area contributed by atoms with Crippen molar-refractivity contribution < 1.29 is 26.0 Å². The molecular weight excluding hydrogens is 400 g/mol. The molecule has 6 nitrogen and oxygen atoms in total. The molecule has 1 atom stereocenters. The number of anilines is 1. The maximum Gasteiger partial charge on any atom is 0.501 e. The minimum Gasteiger partial charge on any atom is -0.370 e. The number of aromatic nitrogens is 3. The highest BCUT2D eigenvalue weighted by Gasteiger charge is 2.48. The third kappa shape index (κ3) is 3.71. The topological polar surface area (TPSA) is 68.1 Å². The summed E-state index contributed by atoms with van der Waals surface area (Å²) in [5.74, 6) is -0.480. The van der Waals surface area contributed by atoms with E-state index >= 15 is 0 Å². The lowest BCUT2D eigenvalue weighted by Gasteiger charge is -2.35. The van der Waals surface area contributed by atoms with Crippen LogP contribution in [-0.2, 0) is 9.84 Å². The van der Waals surface area contributed by atoms with E-state index in [0.29, 0.717) is 24.9 Å². The van der Waals surface area contributed by atoms with Crippen molar-refractivity contribution in [1.82, 2.24) is 14.8 Å². The molecule has 0 saturated carbocycles. The Hall–Kier alpha value is -2.17. The lowest BCUT2D eigenvalue weighted by molar-refractivity contribution is -0.0435. The van der Waals surface area contributed by atoms with Crippen LogP contribution in [0.4, 0.5) is 23.2 Å². The highest BCUT2D eigenvalue weighted by molar-refractivity contribution is 7.92. The molecule has 0 amide bonds. The Morgan fingerprint density at radius 3 is 2.61 bits per heavy atom. The first-order valence-corrected chi connectivity index (χ1v) is 10.3.